The molecular formula is C15H21N3O4S. The molecule has 1 aromatic rings. The molecule has 0 unspecified atom stereocenters. The average molecular weight is 339 g/mol. The molecule has 1 aliphatic heterocycles. The summed E-state index contributed by atoms with van der Waals surface area (Å²) in [6.45, 7) is 5.24. The van der Waals surface area contributed by atoms with Gasteiger partial charge in [0.25, 0.3) is 5.91 Å². The summed E-state index contributed by atoms with van der Waals surface area (Å²) in [6, 6.07) is 5.85. The lowest BCUT2D eigenvalue weighted by atomic mass is 10.2. The average Bonchev–Trinajstić information content (AvgIpc) is 2.55. The van der Waals surface area contributed by atoms with E-state index < -0.39 is 10.0 Å². The smallest absolute Gasteiger partial charge is 0.254 e. The van der Waals surface area contributed by atoms with E-state index in [0.717, 1.165) is 0 Å². The highest BCUT2D eigenvalue weighted by molar-refractivity contribution is 7.89. The van der Waals surface area contributed by atoms with Crippen LogP contribution in [0.1, 0.15) is 24.2 Å². The molecule has 0 bridgehead atoms. The molecule has 1 fully saturated rings. The fourth-order valence-electron chi connectivity index (χ4n) is 2.48. The van der Waals surface area contributed by atoms with E-state index in [1.807, 2.05) is 0 Å². The van der Waals surface area contributed by atoms with Gasteiger partial charge in [-0.15, -0.1) is 0 Å². The SMILES string of the molecule is CCN(CC)S(=O)(=O)c1ccc(C(=O)N2CCNC(=O)C2)cc1. The molecule has 1 aliphatic rings. The second-order valence-electron chi connectivity index (χ2n) is 5.19. The molecule has 0 saturated carbocycles. The van der Waals surface area contributed by atoms with Gasteiger partial charge in [-0.1, -0.05) is 13.8 Å². The summed E-state index contributed by atoms with van der Waals surface area (Å²) in [5.41, 5.74) is 0.373. The summed E-state index contributed by atoms with van der Waals surface area (Å²) in [5, 5.41) is 2.65. The topological polar surface area (TPSA) is 86.8 Å². The Labute approximate surface area is 136 Å². The third-order valence-electron chi connectivity index (χ3n) is 3.77. The van der Waals surface area contributed by atoms with Gasteiger partial charge < -0.3 is 10.2 Å². The first-order valence-corrected chi connectivity index (χ1v) is 9.00. The van der Waals surface area contributed by atoms with Crippen molar-refractivity contribution in [2.45, 2.75) is 18.7 Å². The Morgan fingerprint density at radius 2 is 1.83 bits per heavy atom. The van der Waals surface area contributed by atoms with Crippen LogP contribution >= 0.6 is 0 Å². The molecule has 2 amide bonds. The third kappa shape index (κ3) is 3.70. The molecule has 1 aromatic carbocycles. The number of hydrogen-bond acceptors (Lipinski definition) is 4. The fourth-order valence-corrected chi connectivity index (χ4v) is 3.93. The van der Waals surface area contributed by atoms with Crippen molar-refractivity contribution < 1.29 is 18.0 Å². The van der Waals surface area contributed by atoms with Crippen LogP contribution in [0.15, 0.2) is 29.2 Å². The zero-order valence-corrected chi connectivity index (χ0v) is 14.1. The lowest BCUT2D eigenvalue weighted by Gasteiger charge is -2.26. The summed E-state index contributed by atoms with van der Waals surface area (Å²) in [4.78, 5) is 25.3. The highest BCUT2D eigenvalue weighted by Gasteiger charge is 2.24. The normalized spacial score (nSPS) is 15.6. The van der Waals surface area contributed by atoms with Crippen molar-refractivity contribution in [1.29, 1.82) is 0 Å². The number of sulfonamides is 1. The van der Waals surface area contributed by atoms with Gasteiger partial charge in [0.15, 0.2) is 0 Å². The highest BCUT2D eigenvalue weighted by atomic mass is 32.2. The molecule has 7 nitrogen and oxygen atoms in total. The Morgan fingerprint density at radius 3 is 2.35 bits per heavy atom. The van der Waals surface area contributed by atoms with E-state index in [1.54, 1.807) is 13.8 Å². The van der Waals surface area contributed by atoms with Crippen molar-refractivity contribution in [3.05, 3.63) is 29.8 Å². The number of benzene rings is 1. The molecule has 0 atom stereocenters. The van der Waals surface area contributed by atoms with Crippen molar-refractivity contribution in [2.75, 3.05) is 32.7 Å². The van der Waals surface area contributed by atoms with Crippen molar-refractivity contribution in [3.63, 3.8) is 0 Å². The second-order valence-corrected chi connectivity index (χ2v) is 7.13. The van der Waals surface area contributed by atoms with E-state index in [2.05, 4.69) is 5.32 Å². The number of piperazine rings is 1. The first kappa shape index (κ1) is 17.4. The minimum absolute atomic E-state index is 0.0261. The lowest BCUT2D eigenvalue weighted by Crippen LogP contribution is -2.49. The molecule has 126 valence electrons. The predicted octanol–water partition coefficient (Wildman–Crippen LogP) is 0.289. The zero-order valence-electron chi connectivity index (χ0n) is 13.3. The fraction of sp³-hybridized carbons (Fsp3) is 0.467. The summed E-state index contributed by atoms with van der Waals surface area (Å²) in [5.74, 6) is -0.461. The van der Waals surface area contributed by atoms with E-state index in [0.29, 0.717) is 31.7 Å². The molecule has 23 heavy (non-hydrogen) atoms. The minimum Gasteiger partial charge on any atom is -0.353 e. The van der Waals surface area contributed by atoms with Crippen molar-refractivity contribution in [3.8, 4) is 0 Å². The Morgan fingerprint density at radius 1 is 1.22 bits per heavy atom. The zero-order chi connectivity index (χ0) is 17.0. The first-order valence-electron chi connectivity index (χ1n) is 7.56. The van der Waals surface area contributed by atoms with Gasteiger partial charge in [-0.25, -0.2) is 8.42 Å². The molecular weight excluding hydrogens is 318 g/mol. The van der Waals surface area contributed by atoms with Crippen LogP contribution in [-0.4, -0.2) is 62.2 Å². The summed E-state index contributed by atoms with van der Waals surface area (Å²) < 4.78 is 26.2. The summed E-state index contributed by atoms with van der Waals surface area (Å²) >= 11 is 0. The number of carbonyl (C=O) groups is 2. The van der Waals surface area contributed by atoms with Crippen LogP contribution in [0.4, 0.5) is 0 Å². The van der Waals surface area contributed by atoms with Gasteiger partial charge in [0.2, 0.25) is 15.9 Å². The summed E-state index contributed by atoms with van der Waals surface area (Å²) in [6.07, 6.45) is 0. The Kier molecular flexibility index (Phi) is 5.38. The maximum absolute atomic E-state index is 12.4. The Balaban J connectivity index is 2.19. The standard InChI is InChI=1S/C15H21N3O4S/c1-3-18(4-2)23(21,22)13-7-5-12(6-8-13)15(20)17-10-9-16-14(19)11-17/h5-8H,3-4,9-11H2,1-2H3,(H,16,19). The number of rotatable bonds is 5. The van der Waals surface area contributed by atoms with Gasteiger partial charge in [-0.2, -0.15) is 4.31 Å². The van der Waals surface area contributed by atoms with E-state index in [-0.39, 0.29) is 23.3 Å². The lowest BCUT2D eigenvalue weighted by molar-refractivity contribution is -0.123. The van der Waals surface area contributed by atoms with Crippen LogP contribution in [-0.2, 0) is 14.8 Å². The molecule has 2 rings (SSSR count). The van der Waals surface area contributed by atoms with E-state index in [1.165, 1.54) is 33.5 Å². The second kappa shape index (κ2) is 7.10. The van der Waals surface area contributed by atoms with E-state index >= 15 is 0 Å². The Bertz CT molecular complexity index is 681. The monoisotopic (exact) mass is 339 g/mol. The van der Waals surface area contributed by atoms with Gasteiger partial charge in [0, 0.05) is 31.7 Å². The van der Waals surface area contributed by atoms with Crippen LogP contribution in [0.3, 0.4) is 0 Å². The third-order valence-corrected chi connectivity index (χ3v) is 5.83. The highest BCUT2D eigenvalue weighted by Crippen LogP contribution is 2.17. The molecule has 1 saturated heterocycles. The van der Waals surface area contributed by atoms with Gasteiger partial charge in [0.05, 0.1) is 11.4 Å². The molecule has 0 aromatic heterocycles. The van der Waals surface area contributed by atoms with Gasteiger partial charge in [-0.3, -0.25) is 9.59 Å². The minimum atomic E-state index is -3.53. The molecule has 0 radical (unpaired) electrons. The van der Waals surface area contributed by atoms with Crippen molar-refractivity contribution in [1.82, 2.24) is 14.5 Å². The number of hydrogen-bond donors (Lipinski definition) is 1. The number of nitrogens with one attached hydrogen (secondary N) is 1. The van der Waals surface area contributed by atoms with Gasteiger partial charge >= 0.3 is 0 Å². The maximum atomic E-state index is 12.4. The van der Waals surface area contributed by atoms with Crippen molar-refractivity contribution >= 4 is 21.8 Å². The quantitative estimate of drug-likeness (QED) is 0.835. The van der Waals surface area contributed by atoms with Gasteiger partial charge in [0.1, 0.15) is 0 Å². The van der Waals surface area contributed by atoms with Gasteiger partial charge in [-0.05, 0) is 24.3 Å². The molecule has 0 spiro atoms. The van der Waals surface area contributed by atoms with Crippen LogP contribution in [0, 0.1) is 0 Å². The Hall–Kier alpha value is -1.93. The van der Waals surface area contributed by atoms with Crippen LogP contribution in [0.25, 0.3) is 0 Å². The van der Waals surface area contributed by atoms with Crippen molar-refractivity contribution in [2.24, 2.45) is 0 Å². The van der Waals surface area contributed by atoms with E-state index in [4.69, 9.17) is 0 Å². The maximum Gasteiger partial charge on any atom is 0.254 e. The number of amides is 2. The molecule has 0 aliphatic carbocycles. The molecule has 8 heteroatoms. The number of nitrogens with zero attached hydrogens (tertiary/aromatic N) is 2. The largest absolute Gasteiger partial charge is 0.353 e. The number of carbonyl (C=O) groups excluding carboxylic acids is 2. The van der Waals surface area contributed by atoms with Crippen LogP contribution < -0.4 is 5.32 Å². The van der Waals surface area contributed by atoms with Crippen LogP contribution in [0.2, 0.25) is 0 Å². The predicted molar refractivity (Wildman–Crippen MR) is 85.5 cm³/mol. The molecule has 1 heterocycles. The molecule has 1 N–H and O–H groups in total. The first-order chi connectivity index (χ1) is 10.9. The van der Waals surface area contributed by atoms with E-state index in [9.17, 15) is 18.0 Å². The summed E-state index contributed by atoms with van der Waals surface area (Å²) in [7, 11) is -3.53. The van der Waals surface area contributed by atoms with Crippen LogP contribution in [0.5, 0.6) is 0 Å².